The minimum Gasteiger partial charge on any atom is -0.457 e. The summed E-state index contributed by atoms with van der Waals surface area (Å²) in [6, 6.07) is 103. The Morgan fingerprint density at radius 3 is 0.505 bits per heavy atom. The van der Waals surface area contributed by atoms with Crippen molar-refractivity contribution in [2.75, 3.05) is 0 Å². The quantitative estimate of drug-likeness (QED) is 0.119. The van der Waals surface area contributed by atoms with E-state index in [0.717, 1.165) is 44.5 Å². The molecule has 0 fully saturated rings. The molecule has 0 bridgehead atoms. The molecule has 0 amide bonds. The highest BCUT2D eigenvalue weighted by Crippen LogP contribution is 2.48. The molecule has 0 saturated heterocycles. The molecule has 0 radical (unpaired) electrons. The Labute approximate surface area is 533 Å². The van der Waals surface area contributed by atoms with Crippen molar-refractivity contribution < 1.29 is 4.57 Å². The van der Waals surface area contributed by atoms with Crippen LogP contribution in [0.15, 0.2) is 291 Å². The van der Waals surface area contributed by atoms with Gasteiger partial charge in [0.2, 0.25) is 0 Å². The molecular formula is C88H52B2O. The third kappa shape index (κ3) is 10.8. The summed E-state index contributed by atoms with van der Waals surface area (Å²) in [6.07, 6.45) is 9.08. The zero-order chi connectivity index (χ0) is 60.5. The lowest BCUT2D eigenvalue weighted by Gasteiger charge is -2.05. The molecule has 12 aromatic rings. The van der Waals surface area contributed by atoms with Crippen molar-refractivity contribution >= 4 is 60.4 Å². The predicted molar refractivity (Wildman–Crippen MR) is 381 cm³/mol. The van der Waals surface area contributed by atoms with E-state index in [1.54, 1.807) is 0 Å². The lowest BCUT2D eigenvalue weighted by molar-refractivity contribution is 0.639. The molecule has 0 N–H and O–H groups in total. The van der Waals surface area contributed by atoms with Crippen molar-refractivity contribution in [3.63, 3.8) is 0 Å². The van der Waals surface area contributed by atoms with Gasteiger partial charge >= 0.3 is 13.8 Å². The van der Waals surface area contributed by atoms with Crippen LogP contribution in [0.1, 0.15) is 89.0 Å². The van der Waals surface area contributed by atoms with E-state index in [9.17, 15) is 0 Å². The van der Waals surface area contributed by atoms with E-state index in [1.165, 1.54) is 111 Å². The maximum atomic E-state index is 6.92. The minimum atomic E-state index is -0.868. The van der Waals surface area contributed by atoms with Gasteiger partial charge in [-0.15, -0.1) is 0 Å². The van der Waals surface area contributed by atoms with Crippen LogP contribution in [-0.4, -0.2) is 13.8 Å². The second-order valence-electron chi connectivity index (χ2n) is 23.1. The van der Waals surface area contributed by atoms with Gasteiger partial charge in [-0.05, 0) is 206 Å². The van der Waals surface area contributed by atoms with Crippen LogP contribution in [0.25, 0.3) is 91.1 Å². The van der Waals surface area contributed by atoms with Crippen LogP contribution in [0, 0.1) is 47.0 Å². The highest BCUT2D eigenvalue weighted by atomic mass is 16.4. The van der Waals surface area contributed by atoms with E-state index in [-0.39, 0.29) is 0 Å². The zero-order valence-electron chi connectivity index (χ0n) is 49.6. The largest absolute Gasteiger partial charge is 0.457 e. The van der Waals surface area contributed by atoms with E-state index in [2.05, 4.69) is 362 Å². The standard InChI is InChI=1S/C88H52B2O/c1-9-25-77-69(17-1)70-18-2-10-26-78(70)85(77)57-65-41-33-61(34-42-65)49-53-89(54-50-62-35-43-66(44-36-62)58-86-79-27-11-3-19-71(79)72-20-4-12-28-80(72)86)91-90(55-51-63-37-45-67(46-38-63)59-87-81-29-13-5-21-73(81)74-22-6-14-30-82(74)87)56-52-64-39-47-68(48-40-64)60-88-83-31-15-7-23-75(83)76-24-8-16-32-84(76)88/h1-48,57-60H. The fourth-order valence-corrected chi connectivity index (χ4v) is 13.1. The van der Waals surface area contributed by atoms with Crippen molar-refractivity contribution in [2.24, 2.45) is 0 Å². The topological polar surface area (TPSA) is 9.23 Å². The first kappa shape index (κ1) is 54.3. The molecule has 0 unspecified atom stereocenters. The Bertz CT molecular complexity index is 4460. The van der Waals surface area contributed by atoms with Crippen LogP contribution in [0.3, 0.4) is 0 Å². The molecule has 0 saturated carbocycles. The van der Waals surface area contributed by atoms with Crippen molar-refractivity contribution in [1.29, 1.82) is 0 Å². The molecule has 12 aromatic carbocycles. The summed E-state index contributed by atoms with van der Waals surface area (Å²) in [5, 5.41) is 0. The van der Waals surface area contributed by atoms with Gasteiger partial charge in [0.1, 0.15) is 0 Å². The van der Waals surface area contributed by atoms with Gasteiger partial charge < -0.3 is 4.57 Å². The Hall–Kier alpha value is -12.1. The van der Waals surface area contributed by atoms with Crippen LogP contribution in [0.4, 0.5) is 0 Å². The van der Waals surface area contributed by atoms with E-state index in [4.69, 9.17) is 4.57 Å². The summed E-state index contributed by atoms with van der Waals surface area (Å²) < 4.78 is 6.92. The lowest BCUT2D eigenvalue weighted by atomic mass is 9.60. The first-order valence-electron chi connectivity index (χ1n) is 30.8. The fraction of sp³-hybridized carbons (Fsp3) is 0. The summed E-state index contributed by atoms with van der Waals surface area (Å²) in [5.41, 5.74) is 32.5. The van der Waals surface area contributed by atoms with E-state index in [0.29, 0.717) is 0 Å². The summed E-state index contributed by atoms with van der Waals surface area (Å²) in [6.45, 7) is -1.74. The SMILES string of the molecule is C(#Cc1ccc(C=C2c3ccccc3-c3ccccc32)cc1)B(C#Cc1ccc(C=C2c3ccccc3-c3ccccc32)cc1)OB(C#Cc1ccc(C=C2c3ccccc3-c3ccccc32)cc1)C#Cc1ccc(C=C2c3ccccc3-c3ccccc32)cc1. The molecule has 416 valence electrons. The summed E-state index contributed by atoms with van der Waals surface area (Å²) in [5.74, 6) is 27.4. The second-order valence-corrected chi connectivity index (χ2v) is 23.1. The third-order valence-electron chi connectivity index (χ3n) is 17.4. The molecule has 4 aliphatic rings. The maximum Gasteiger partial charge on any atom is 0.455 e. The van der Waals surface area contributed by atoms with Crippen LogP contribution in [0.5, 0.6) is 0 Å². The van der Waals surface area contributed by atoms with Crippen LogP contribution >= 0.6 is 0 Å². The highest BCUT2D eigenvalue weighted by molar-refractivity contribution is 6.82. The number of rotatable bonds is 6. The van der Waals surface area contributed by atoms with Crippen molar-refractivity contribution in [1.82, 2.24) is 0 Å². The zero-order valence-corrected chi connectivity index (χ0v) is 49.6. The highest BCUT2D eigenvalue weighted by Gasteiger charge is 2.27. The first-order valence-corrected chi connectivity index (χ1v) is 30.8. The van der Waals surface area contributed by atoms with Gasteiger partial charge in [0.25, 0.3) is 0 Å². The number of hydrogen-bond acceptors (Lipinski definition) is 1. The molecule has 1 nitrogen and oxygen atoms in total. The van der Waals surface area contributed by atoms with Crippen molar-refractivity contribution in [2.45, 2.75) is 0 Å². The maximum absolute atomic E-state index is 6.92. The number of benzene rings is 12. The third-order valence-corrected chi connectivity index (χ3v) is 17.4. The average Bonchev–Trinajstić information content (AvgIpc) is 1.71. The number of fused-ring (bicyclic) bond motifs is 12. The predicted octanol–water partition coefficient (Wildman–Crippen LogP) is 19.6. The summed E-state index contributed by atoms with van der Waals surface area (Å²) in [7, 11) is 0. The monoisotopic (exact) mass is 1150 g/mol. The minimum absolute atomic E-state index is 0.838. The Morgan fingerprint density at radius 1 is 0.187 bits per heavy atom. The molecule has 0 atom stereocenters. The van der Waals surface area contributed by atoms with E-state index < -0.39 is 13.8 Å². The summed E-state index contributed by atoms with van der Waals surface area (Å²) >= 11 is 0. The molecule has 3 heteroatoms. The Kier molecular flexibility index (Phi) is 14.3. The van der Waals surface area contributed by atoms with Gasteiger partial charge in [-0.2, -0.15) is 0 Å². The van der Waals surface area contributed by atoms with Gasteiger partial charge in [-0.3, -0.25) is 0 Å². The second kappa shape index (κ2) is 23.9. The van der Waals surface area contributed by atoms with Gasteiger partial charge in [-0.25, -0.2) is 0 Å². The number of hydrogen-bond donors (Lipinski definition) is 0. The van der Waals surface area contributed by atoms with Gasteiger partial charge in [0.15, 0.2) is 0 Å². The average molecular weight is 1150 g/mol. The molecule has 0 spiro atoms. The molecule has 0 aliphatic heterocycles. The smallest absolute Gasteiger partial charge is 0.455 e. The molecule has 4 aliphatic carbocycles. The normalized spacial score (nSPS) is 11.8. The molecular weight excluding hydrogens is 1090 g/mol. The molecule has 91 heavy (non-hydrogen) atoms. The van der Waals surface area contributed by atoms with Crippen LogP contribution in [-0.2, 0) is 4.57 Å². The first-order chi connectivity index (χ1) is 45.1. The van der Waals surface area contributed by atoms with Gasteiger partial charge in [0.05, 0.1) is 0 Å². The Balaban J connectivity index is 0.738. The summed E-state index contributed by atoms with van der Waals surface area (Å²) in [4.78, 5) is 0. The van der Waals surface area contributed by atoms with Crippen molar-refractivity contribution in [3.8, 4) is 91.5 Å². The fourth-order valence-electron chi connectivity index (χ4n) is 13.1. The van der Waals surface area contributed by atoms with Crippen molar-refractivity contribution in [3.05, 3.63) is 380 Å². The molecule has 16 rings (SSSR count). The van der Waals surface area contributed by atoms with E-state index in [1.807, 2.05) is 0 Å². The van der Waals surface area contributed by atoms with Crippen LogP contribution in [0.2, 0.25) is 0 Å². The molecule has 0 aromatic heterocycles. The Morgan fingerprint density at radius 2 is 0.341 bits per heavy atom. The molecule has 0 heterocycles. The van der Waals surface area contributed by atoms with E-state index >= 15 is 0 Å². The van der Waals surface area contributed by atoms with Gasteiger partial charge in [-0.1, -0.05) is 290 Å². The van der Waals surface area contributed by atoms with Crippen LogP contribution < -0.4 is 0 Å². The van der Waals surface area contributed by atoms with Gasteiger partial charge in [0, 0.05) is 22.3 Å². The lowest BCUT2D eigenvalue weighted by Crippen LogP contribution is -2.26.